The number of esters is 2. The van der Waals surface area contributed by atoms with Gasteiger partial charge in [0.15, 0.2) is 0 Å². The summed E-state index contributed by atoms with van der Waals surface area (Å²) < 4.78 is 32.8. The second-order valence-corrected chi connectivity index (χ2v) is 20.4. The first-order valence-electron chi connectivity index (χ1n) is 27.8. The molecule has 0 bridgehead atoms. The zero-order chi connectivity index (χ0) is 48.3. The predicted molar refractivity (Wildman–Crippen MR) is 275 cm³/mol. The van der Waals surface area contributed by atoms with Gasteiger partial charge in [-0.25, -0.2) is 4.57 Å². The molecule has 0 saturated carbocycles. The Labute approximate surface area is 406 Å². The van der Waals surface area contributed by atoms with E-state index >= 15 is 0 Å². The first kappa shape index (κ1) is 64.5. The van der Waals surface area contributed by atoms with E-state index in [0.717, 1.165) is 51.4 Å². The van der Waals surface area contributed by atoms with Gasteiger partial charge in [0.1, 0.15) is 12.2 Å². The summed E-state index contributed by atoms with van der Waals surface area (Å²) in [4.78, 5) is 34.8. The summed E-state index contributed by atoms with van der Waals surface area (Å²) in [5.74, 6) is -1.01. The third kappa shape index (κ3) is 48.9. The van der Waals surface area contributed by atoms with Gasteiger partial charge in [0.25, 0.3) is 0 Å². The molecule has 10 nitrogen and oxygen atoms in total. The van der Waals surface area contributed by atoms with Crippen LogP contribution in [-0.4, -0.2) is 65.7 Å². The van der Waals surface area contributed by atoms with Crippen LogP contribution in [0.1, 0.15) is 277 Å². The van der Waals surface area contributed by atoms with Crippen molar-refractivity contribution >= 4 is 19.8 Å². The lowest BCUT2D eigenvalue weighted by Crippen LogP contribution is -2.28. The molecule has 3 unspecified atom stereocenters. The van der Waals surface area contributed by atoms with Crippen molar-refractivity contribution in [3.63, 3.8) is 0 Å². The number of phosphoric acid groups is 1. The molecule has 0 spiro atoms. The van der Waals surface area contributed by atoms with Crippen molar-refractivity contribution < 1.29 is 47.8 Å². The average Bonchev–Trinajstić information content (AvgIpc) is 3.31. The molecule has 3 N–H and O–H groups in total. The van der Waals surface area contributed by atoms with Crippen molar-refractivity contribution in [3.05, 3.63) is 24.3 Å². The summed E-state index contributed by atoms with van der Waals surface area (Å²) in [6, 6.07) is 0. The van der Waals surface area contributed by atoms with Crippen molar-refractivity contribution in [2.24, 2.45) is 0 Å². The standard InChI is InChI=1S/C55H105O10P/c1-3-5-7-9-11-13-15-17-19-21-23-25-27-29-31-33-35-37-39-41-43-45-47-55(59)65-53(49-57)51-63-66(60,61)62-50-52(48-56)64-54(58)46-44-42-40-38-36-34-32-30-28-26-24-22-20-18-16-14-12-10-8-6-4-2/h16,18,22,24,52-53,56-57H,3-15,17,19-21,23,25-51H2,1-2H3,(H,60,61)/b18-16-,24-22-. The number of hydrogen-bond acceptors (Lipinski definition) is 9. The summed E-state index contributed by atoms with van der Waals surface area (Å²) in [6.45, 7) is 2.26. The van der Waals surface area contributed by atoms with Crippen LogP contribution in [0.25, 0.3) is 0 Å². The Hall–Kier alpha value is -1.55. The van der Waals surface area contributed by atoms with Crippen LogP contribution in [-0.2, 0) is 32.7 Å². The SMILES string of the molecule is CCCCCCC/C=C\C/C=C\CCCCCCCCCCCC(=O)OC(CO)COP(=O)(O)OCC(CO)OC(=O)CCCCCCCCCCCCCCCCCCCCCCCC. The van der Waals surface area contributed by atoms with Crippen LogP contribution in [0.2, 0.25) is 0 Å². The summed E-state index contributed by atoms with van der Waals surface area (Å²) in [5.41, 5.74) is 0. The third-order valence-electron chi connectivity index (χ3n) is 12.4. The van der Waals surface area contributed by atoms with Gasteiger partial charge < -0.3 is 24.6 Å². The number of aliphatic hydroxyl groups excluding tert-OH is 2. The van der Waals surface area contributed by atoms with E-state index in [1.165, 1.54) is 186 Å². The largest absolute Gasteiger partial charge is 0.472 e. The minimum Gasteiger partial charge on any atom is -0.457 e. The molecule has 0 fully saturated rings. The van der Waals surface area contributed by atoms with E-state index in [1.807, 2.05) is 0 Å². The van der Waals surface area contributed by atoms with Crippen molar-refractivity contribution in [2.75, 3.05) is 26.4 Å². The average molecular weight is 957 g/mol. The number of aliphatic hydroxyl groups is 2. The van der Waals surface area contributed by atoms with Crippen LogP contribution in [0.4, 0.5) is 0 Å². The highest BCUT2D eigenvalue weighted by molar-refractivity contribution is 7.47. The van der Waals surface area contributed by atoms with Gasteiger partial charge in [-0.05, 0) is 44.9 Å². The Bertz CT molecular complexity index is 1150. The van der Waals surface area contributed by atoms with E-state index in [4.69, 9.17) is 18.5 Å². The Morgan fingerprint density at radius 2 is 0.667 bits per heavy atom. The molecule has 0 radical (unpaired) electrons. The number of hydrogen-bond donors (Lipinski definition) is 3. The Morgan fingerprint density at radius 3 is 0.939 bits per heavy atom. The van der Waals surface area contributed by atoms with Crippen LogP contribution in [0, 0.1) is 0 Å². The van der Waals surface area contributed by atoms with Crippen LogP contribution in [0.5, 0.6) is 0 Å². The van der Waals surface area contributed by atoms with Gasteiger partial charge >= 0.3 is 19.8 Å². The van der Waals surface area contributed by atoms with Crippen molar-refractivity contribution in [3.8, 4) is 0 Å². The fourth-order valence-electron chi connectivity index (χ4n) is 8.15. The molecule has 0 aromatic rings. The highest BCUT2D eigenvalue weighted by Gasteiger charge is 2.27. The summed E-state index contributed by atoms with van der Waals surface area (Å²) in [5, 5.41) is 19.3. The van der Waals surface area contributed by atoms with Gasteiger partial charge in [0, 0.05) is 12.8 Å². The van der Waals surface area contributed by atoms with Crippen molar-refractivity contribution in [2.45, 2.75) is 289 Å². The predicted octanol–water partition coefficient (Wildman–Crippen LogP) is 16.1. The maximum atomic E-state index is 12.4. The number of carbonyl (C=O) groups excluding carboxylic acids is 2. The lowest BCUT2D eigenvalue weighted by molar-refractivity contribution is -0.153. The molecule has 390 valence electrons. The molecule has 0 amide bonds. The molecular weight excluding hydrogens is 852 g/mol. The zero-order valence-corrected chi connectivity index (χ0v) is 43.8. The minimum atomic E-state index is -4.64. The Kier molecular flexibility index (Phi) is 50.1. The Balaban J connectivity index is 3.78. The lowest BCUT2D eigenvalue weighted by Gasteiger charge is -2.20. The number of unbranched alkanes of at least 4 members (excludes halogenated alkanes) is 35. The molecule has 0 aliphatic heterocycles. The monoisotopic (exact) mass is 957 g/mol. The Morgan fingerprint density at radius 1 is 0.409 bits per heavy atom. The zero-order valence-electron chi connectivity index (χ0n) is 42.9. The molecule has 11 heteroatoms. The second kappa shape index (κ2) is 51.3. The van der Waals surface area contributed by atoms with Crippen LogP contribution in [0.3, 0.4) is 0 Å². The third-order valence-corrected chi connectivity index (χ3v) is 13.4. The summed E-state index contributed by atoms with van der Waals surface area (Å²) in [7, 11) is -4.64. The van der Waals surface area contributed by atoms with E-state index in [0.29, 0.717) is 12.8 Å². The quantitative estimate of drug-likeness (QED) is 0.0233. The van der Waals surface area contributed by atoms with Gasteiger partial charge in [-0.1, -0.05) is 244 Å². The van der Waals surface area contributed by atoms with Gasteiger partial charge in [0.2, 0.25) is 0 Å². The number of rotatable bonds is 53. The summed E-state index contributed by atoms with van der Waals surface area (Å²) >= 11 is 0. The summed E-state index contributed by atoms with van der Waals surface area (Å²) in [6.07, 6.45) is 55.8. The van der Waals surface area contributed by atoms with Gasteiger partial charge in [-0.15, -0.1) is 0 Å². The van der Waals surface area contributed by atoms with Crippen molar-refractivity contribution in [1.29, 1.82) is 0 Å². The van der Waals surface area contributed by atoms with E-state index in [-0.39, 0.29) is 12.8 Å². The molecule has 0 saturated heterocycles. The molecule has 0 heterocycles. The van der Waals surface area contributed by atoms with Gasteiger partial charge in [-0.2, -0.15) is 0 Å². The minimum absolute atomic E-state index is 0.190. The fourth-order valence-corrected chi connectivity index (χ4v) is 8.93. The first-order valence-corrected chi connectivity index (χ1v) is 29.3. The van der Waals surface area contributed by atoms with Gasteiger partial charge in [-0.3, -0.25) is 18.6 Å². The molecule has 0 aliphatic carbocycles. The lowest BCUT2D eigenvalue weighted by atomic mass is 10.0. The number of carbonyl (C=O) groups is 2. The fraction of sp³-hybridized carbons (Fsp3) is 0.891. The van der Waals surface area contributed by atoms with E-state index < -0.39 is 58.4 Å². The normalized spacial score (nSPS) is 13.7. The van der Waals surface area contributed by atoms with E-state index in [9.17, 15) is 29.3 Å². The topological polar surface area (TPSA) is 149 Å². The van der Waals surface area contributed by atoms with Crippen LogP contribution < -0.4 is 0 Å². The maximum Gasteiger partial charge on any atom is 0.472 e. The first-order chi connectivity index (χ1) is 32.3. The van der Waals surface area contributed by atoms with E-state index in [1.54, 1.807) is 0 Å². The maximum absolute atomic E-state index is 12.4. The number of phosphoric ester groups is 1. The molecule has 0 aliphatic rings. The molecule has 0 aromatic carbocycles. The molecule has 66 heavy (non-hydrogen) atoms. The molecule has 0 aromatic heterocycles. The van der Waals surface area contributed by atoms with Crippen molar-refractivity contribution in [1.82, 2.24) is 0 Å². The molecule has 3 atom stereocenters. The smallest absolute Gasteiger partial charge is 0.457 e. The molecular formula is C55H105O10P. The van der Waals surface area contributed by atoms with Crippen LogP contribution in [0.15, 0.2) is 24.3 Å². The second-order valence-electron chi connectivity index (χ2n) is 18.9. The number of allylic oxidation sites excluding steroid dienone is 4. The van der Waals surface area contributed by atoms with E-state index in [2.05, 4.69) is 38.2 Å². The highest BCUT2D eigenvalue weighted by Crippen LogP contribution is 2.43. The van der Waals surface area contributed by atoms with Crippen LogP contribution >= 0.6 is 7.82 Å². The molecule has 0 rings (SSSR count). The number of ether oxygens (including phenoxy) is 2. The van der Waals surface area contributed by atoms with Gasteiger partial charge in [0.05, 0.1) is 26.4 Å². The highest BCUT2D eigenvalue weighted by atomic mass is 31.2.